The predicted octanol–water partition coefficient (Wildman–Crippen LogP) is -0.597. The third kappa shape index (κ3) is 4.45. The van der Waals surface area contributed by atoms with Crippen LogP contribution >= 0.6 is 0 Å². The van der Waals surface area contributed by atoms with Gasteiger partial charge in [-0.15, -0.1) is 0 Å². The Morgan fingerprint density at radius 2 is 2.12 bits per heavy atom. The lowest BCUT2D eigenvalue weighted by Gasteiger charge is -2.23. The minimum absolute atomic E-state index is 0.162. The fourth-order valence-corrected chi connectivity index (χ4v) is 3.38. The molecule has 0 saturated carbocycles. The molecule has 11 heteroatoms. The van der Waals surface area contributed by atoms with Crippen LogP contribution in [0.25, 0.3) is 0 Å². The van der Waals surface area contributed by atoms with Gasteiger partial charge in [0, 0.05) is 6.42 Å². The van der Waals surface area contributed by atoms with Crippen molar-refractivity contribution in [2.75, 3.05) is 5.32 Å². The van der Waals surface area contributed by atoms with Crippen LogP contribution in [-0.4, -0.2) is 43.5 Å². The van der Waals surface area contributed by atoms with Crippen LogP contribution in [0, 0.1) is 0 Å². The van der Waals surface area contributed by atoms with E-state index >= 15 is 0 Å². The Morgan fingerprint density at radius 1 is 1.44 bits per heavy atom. The standard InChI is InChI=1S/C14H17N3O7S/c1-7-13(19)16-10-6-8(2-4-11(10)24-7)25(22,23)17-9(14(20)21)3-5-12(15)18/h2,4,6-7,9,17H,3,5H2,1H3,(H2,15,18)(H,16,19)(H,20,21). The third-order valence-electron chi connectivity index (χ3n) is 3.47. The van der Waals surface area contributed by atoms with Crippen molar-refractivity contribution in [2.24, 2.45) is 5.73 Å². The molecule has 1 aliphatic rings. The average molecular weight is 371 g/mol. The number of rotatable bonds is 7. The average Bonchev–Trinajstić information content (AvgIpc) is 2.51. The first-order valence-electron chi connectivity index (χ1n) is 7.25. The molecule has 0 aromatic heterocycles. The highest BCUT2D eigenvalue weighted by molar-refractivity contribution is 7.89. The number of amides is 2. The largest absolute Gasteiger partial charge is 0.480 e. The number of fused-ring (bicyclic) bond motifs is 1. The molecule has 0 saturated heterocycles. The van der Waals surface area contributed by atoms with Crippen LogP contribution in [0.5, 0.6) is 5.75 Å². The number of aliphatic carboxylic acids is 1. The zero-order valence-electron chi connectivity index (χ0n) is 13.2. The quantitative estimate of drug-likeness (QED) is 0.497. The molecule has 0 fully saturated rings. The molecule has 0 radical (unpaired) electrons. The molecule has 1 aromatic carbocycles. The van der Waals surface area contributed by atoms with E-state index in [9.17, 15) is 22.8 Å². The second-order valence-corrected chi connectivity index (χ2v) is 7.14. The lowest BCUT2D eigenvalue weighted by molar-refractivity contribution is -0.139. The molecule has 2 atom stereocenters. The van der Waals surface area contributed by atoms with Crippen molar-refractivity contribution in [3.8, 4) is 5.75 Å². The maximum atomic E-state index is 12.4. The molecule has 2 unspecified atom stereocenters. The van der Waals surface area contributed by atoms with Gasteiger partial charge in [-0.2, -0.15) is 4.72 Å². The number of hydrogen-bond acceptors (Lipinski definition) is 6. The van der Waals surface area contributed by atoms with Gasteiger partial charge in [-0.05, 0) is 31.5 Å². The minimum Gasteiger partial charge on any atom is -0.480 e. The summed E-state index contributed by atoms with van der Waals surface area (Å²) in [5.41, 5.74) is 5.12. The molecule has 1 aromatic rings. The van der Waals surface area contributed by atoms with Gasteiger partial charge >= 0.3 is 5.97 Å². The molecule has 136 valence electrons. The normalized spacial score (nSPS) is 17.8. The van der Waals surface area contributed by atoms with E-state index in [1.807, 2.05) is 4.72 Å². The van der Waals surface area contributed by atoms with Gasteiger partial charge in [0.1, 0.15) is 11.8 Å². The zero-order chi connectivity index (χ0) is 18.8. The van der Waals surface area contributed by atoms with Gasteiger partial charge in [-0.25, -0.2) is 8.42 Å². The van der Waals surface area contributed by atoms with Crippen molar-refractivity contribution in [1.29, 1.82) is 0 Å². The van der Waals surface area contributed by atoms with E-state index in [4.69, 9.17) is 15.6 Å². The number of ether oxygens (including phenoxy) is 1. The van der Waals surface area contributed by atoms with Crippen molar-refractivity contribution in [3.05, 3.63) is 18.2 Å². The molecule has 0 spiro atoms. The fraction of sp³-hybridized carbons (Fsp3) is 0.357. The SMILES string of the molecule is CC1Oc2ccc(S(=O)(=O)NC(CCC(N)=O)C(=O)O)cc2NC1=O. The molecular formula is C14H17N3O7S. The van der Waals surface area contributed by atoms with Crippen molar-refractivity contribution in [2.45, 2.75) is 36.8 Å². The number of sulfonamides is 1. The fourth-order valence-electron chi connectivity index (χ4n) is 2.13. The van der Waals surface area contributed by atoms with E-state index in [0.717, 1.165) is 6.07 Å². The Balaban J connectivity index is 2.24. The Bertz CT molecular complexity index is 822. The van der Waals surface area contributed by atoms with E-state index in [2.05, 4.69) is 5.32 Å². The maximum Gasteiger partial charge on any atom is 0.321 e. The second kappa shape index (κ2) is 7.07. The number of benzene rings is 1. The topological polar surface area (TPSA) is 165 Å². The van der Waals surface area contributed by atoms with Gasteiger partial charge in [-0.3, -0.25) is 14.4 Å². The minimum atomic E-state index is -4.21. The Labute approximate surface area is 143 Å². The van der Waals surface area contributed by atoms with Crippen LogP contribution in [0.4, 0.5) is 5.69 Å². The number of carboxylic acid groups (broad SMARTS) is 1. The van der Waals surface area contributed by atoms with Crippen LogP contribution in [-0.2, 0) is 24.4 Å². The highest BCUT2D eigenvalue weighted by Crippen LogP contribution is 2.31. The van der Waals surface area contributed by atoms with Crippen LogP contribution in [0.2, 0.25) is 0 Å². The summed E-state index contributed by atoms with van der Waals surface area (Å²) in [6.07, 6.45) is -1.28. The molecule has 10 nitrogen and oxygen atoms in total. The first-order valence-corrected chi connectivity index (χ1v) is 8.73. The van der Waals surface area contributed by atoms with E-state index in [0.29, 0.717) is 5.75 Å². The molecule has 2 amide bonds. The van der Waals surface area contributed by atoms with Crippen LogP contribution in [0.3, 0.4) is 0 Å². The van der Waals surface area contributed by atoms with Crippen molar-refractivity contribution in [3.63, 3.8) is 0 Å². The number of primary amides is 1. The Morgan fingerprint density at radius 3 is 2.72 bits per heavy atom. The Kier molecular flexibility index (Phi) is 5.28. The number of anilines is 1. The molecular weight excluding hydrogens is 354 g/mol. The van der Waals surface area contributed by atoms with E-state index in [1.165, 1.54) is 12.1 Å². The number of carbonyl (C=O) groups is 3. The van der Waals surface area contributed by atoms with Gasteiger partial charge < -0.3 is 20.9 Å². The van der Waals surface area contributed by atoms with Gasteiger partial charge in [-0.1, -0.05) is 0 Å². The third-order valence-corrected chi connectivity index (χ3v) is 4.94. The molecule has 1 aliphatic heterocycles. The molecule has 25 heavy (non-hydrogen) atoms. The lowest BCUT2D eigenvalue weighted by atomic mass is 10.2. The number of carboxylic acids is 1. The summed E-state index contributed by atoms with van der Waals surface area (Å²) in [6.45, 7) is 1.54. The van der Waals surface area contributed by atoms with E-state index < -0.39 is 40.0 Å². The summed E-state index contributed by atoms with van der Waals surface area (Å²) in [5.74, 6) is -2.31. The summed E-state index contributed by atoms with van der Waals surface area (Å²) in [7, 11) is -4.21. The first-order chi connectivity index (χ1) is 11.6. The summed E-state index contributed by atoms with van der Waals surface area (Å²) in [6, 6.07) is 2.23. The van der Waals surface area contributed by atoms with E-state index in [1.54, 1.807) is 6.92 Å². The van der Waals surface area contributed by atoms with Crippen LogP contribution < -0.4 is 20.5 Å². The highest BCUT2D eigenvalue weighted by Gasteiger charge is 2.28. The maximum absolute atomic E-state index is 12.4. The van der Waals surface area contributed by atoms with Gasteiger partial charge in [0.2, 0.25) is 15.9 Å². The molecule has 2 rings (SSSR count). The van der Waals surface area contributed by atoms with Crippen molar-refractivity contribution in [1.82, 2.24) is 4.72 Å². The highest BCUT2D eigenvalue weighted by atomic mass is 32.2. The number of hydrogen-bond donors (Lipinski definition) is 4. The monoisotopic (exact) mass is 371 g/mol. The zero-order valence-corrected chi connectivity index (χ0v) is 14.0. The number of nitrogens with two attached hydrogens (primary N) is 1. The van der Waals surface area contributed by atoms with Crippen molar-refractivity contribution >= 4 is 33.5 Å². The number of carbonyl (C=O) groups excluding carboxylic acids is 2. The van der Waals surface area contributed by atoms with Gasteiger partial charge in [0.15, 0.2) is 6.10 Å². The second-order valence-electron chi connectivity index (χ2n) is 5.42. The van der Waals surface area contributed by atoms with Crippen molar-refractivity contribution < 1.29 is 32.6 Å². The van der Waals surface area contributed by atoms with Crippen LogP contribution in [0.1, 0.15) is 19.8 Å². The molecule has 0 aliphatic carbocycles. The molecule has 1 heterocycles. The molecule has 0 bridgehead atoms. The Hall–Kier alpha value is -2.66. The van der Waals surface area contributed by atoms with Gasteiger partial charge in [0.05, 0.1) is 10.6 Å². The summed E-state index contributed by atoms with van der Waals surface area (Å²) in [5, 5.41) is 11.6. The predicted molar refractivity (Wildman–Crippen MR) is 85.3 cm³/mol. The summed E-state index contributed by atoms with van der Waals surface area (Å²) >= 11 is 0. The summed E-state index contributed by atoms with van der Waals surface area (Å²) in [4.78, 5) is 33.3. The summed E-state index contributed by atoms with van der Waals surface area (Å²) < 4.78 is 32.1. The van der Waals surface area contributed by atoms with Crippen LogP contribution in [0.15, 0.2) is 23.1 Å². The first kappa shape index (κ1) is 18.7. The molecule has 5 N–H and O–H groups in total. The smallest absolute Gasteiger partial charge is 0.321 e. The van der Waals surface area contributed by atoms with E-state index in [-0.39, 0.29) is 23.4 Å². The number of nitrogens with one attached hydrogen (secondary N) is 2. The lowest BCUT2D eigenvalue weighted by Crippen LogP contribution is -2.41. The van der Waals surface area contributed by atoms with Gasteiger partial charge in [0.25, 0.3) is 5.91 Å².